The monoisotopic (exact) mass is 406 g/mol. The van der Waals surface area contributed by atoms with Crippen molar-refractivity contribution in [2.24, 2.45) is 0 Å². The number of carbonyl (C=O) groups is 1. The predicted molar refractivity (Wildman–Crippen MR) is 91.9 cm³/mol. The van der Waals surface area contributed by atoms with Crippen LogP contribution < -0.4 is 10.4 Å². The van der Waals surface area contributed by atoms with Gasteiger partial charge in [-0.05, 0) is 30.3 Å². The molecule has 0 aliphatic carbocycles. The first-order valence-electron chi connectivity index (χ1n) is 7.27. The van der Waals surface area contributed by atoms with E-state index in [1.807, 2.05) is 0 Å². The summed E-state index contributed by atoms with van der Waals surface area (Å²) < 4.78 is 29.0. The summed E-state index contributed by atoms with van der Waals surface area (Å²) in [5.41, 5.74) is 0.546. The maximum atomic E-state index is 13.0. The summed E-state index contributed by atoms with van der Waals surface area (Å²) in [4.78, 5) is 23.0. The van der Waals surface area contributed by atoms with Gasteiger partial charge < -0.3 is 13.9 Å². The van der Waals surface area contributed by atoms with Crippen LogP contribution in [0.4, 0.5) is 4.39 Å². The van der Waals surface area contributed by atoms with Crippen molar-refractivity contribution >= 4 is 32.9 Å². The number of fused-ring (bicyclic) bond motifs is 1. The average molecular weight is 407 g/mol. The van der Waals surface area contributed by atoms with Crippen molar-refractivity contribution in [1.29, 1.82) is 0 Å². The summed E-state index contributed by atoms with van der Waals surface area (Å²) in [6, 6.07) is 12.0. The minimum atomic E-state index is -0.578. The van der Waals surface area contributed by atoms with Crippen molar-refractivity contribution in [2.75, 3.05) is 6.61 Å². The number of rotatable bonds is 5. The van der Waals surface area contributed by atoms with Crippen LogP contribution in [0.1, 0.15) is 5.56 Å². The van der Waals surface area contributed by atoms with Crippen LogP contribution >= 0.6 is 15.9 Å². The largest absolute Gasteiger partial charge is 0.482 e. The summed E-state index contributed by atoms with van der Waals surface area (Å²) in [6.07, 6.45) is 0. The van der Waals surface area contributed by atoms with Gasteiger partial charge in [0.15, 0.2) is 6.61 Å². The molecule has 3 aromatic rings. The first-order valence-corrected chi connectivity index (χ1v) is 8.07. The highest BCUT2D eigenvalue weighted by atomic mass is 79.9. The van der Waals surface area contributed by atoms with Crippen molar-refractivity contribution in [3.63, 3.8) is 0 Å². The average Bonchev–Trinajstić information content (AvgIpc) is 2.58. The Morgan fingerprint density at radius 3 is 2.72 bits per heavy atom. The highest BCUT2D eigenvalue weighted by molar-refractivity contribution is 9.10. The standard InChI is InChI=1S/C18H12BrFO5/c19-15-7-13(20)4-1-12(15)9-24-18(22)10-23-14-5-2-11-3-6-17(21)25-16(11)8-14/h1-8H,9-10H2. The molecule has 0 amide bonds. The molecule has 1 heterocycles. The molecule has 1 aromatic heterocycles. The second kappa shape index (κ2) is 7.48. The third-order valence-electron chi connectivity index (χ3n) is 3.36. The van der Waals surface area contributed by atoms with Crippen molar-refractivity contribution in [1.82, 2.24) is 0 Å². The van der Waals surface area contributed by atoms with E-state index in [1.165, 1.54) is 30.3 Å². The van der Waals surface area contributed by atoms with Gasteiger partial charge in [-0.1, -0.05) is 22.0 Å². The van der Waals surface area contributed by atoms with Crippen LogP contribution in [0, 0.1) is 5.82 Å². The number of halogens is 2. The smallest absolute Gasteiger partial charge is 0.344 e. The van der Waals surface area contributed by atoms with E-state index in [9.17, 15) is 14.0 Å². The Morgan fingerprint density at radius 2 is 1.92 bits per heavy atom. The molecule has 0 unspecified atom stereocenters. The number of hydrogen-bond acceptors (Lipinski definition) is 5. The van der Waals surface area contributed by atoms with E-state index in [0.29, 0.717) is 21.4 Å². The van der Waals surface area contributed by atoms with Gasteiger partial charge in [0.05, 0.1) is 0 Å². The Hall–Kier alpha value is -2.67. The quantitative estimate of drug-likeness (QED) is 0.475. The summed E-state index contributed by atoms with van der Waals surface area (Å²) in [7, 11) is 0. The van der Waals surface area contributed by atoms with Crippen LogP contribution in [0.25, 0.3) is 11.0 Å². The van der Waals surface area contributed by atoms with E-state index in [-0.39, 0.29) is 19.0 Å². The highest BCUT2D eigenvalue weighted by Crippen LogP contribution is 2.20. The number of hydrogen-bond donors (Lipinski definition) is 0. The fourth-order valence-corrected chi connectivity index (χ4v) is 2.58. The van der Waals surface area contributed by atoms with Gasteiger partial charge in [-0.25, -0.2) is 14.0 Å². The fourth-order valence-electron chi connectivity index (χ4n) is 2.11. The maximum Gasteiger partial charge on any atom is 0.344 e. The third-order valence-corrected chi connectivity index (χ3v) is 4.09. The van der Waals surface area contributed by atoms with Gasteiger partial charge in [-0.3, -0.25) is 0 Å². The predicted octanol–water partition coefficient (Wildman–Crippen LogP) is 3.82. The molecule has 0 saturated carbocycles. The van der Waals surface area contributed by atoms with Crippen LogP contribution in [0.2, 0.25) is 0 Å². The van der Waals surface area contributed by atoms with E-state index in [4.69, 9.17) is 13.9 Å². The van der Waals surface area contributed by atoms with Gasteiger partial charge in [0.25, 0.3) is 0 Å². The zero-order chi connectivity index (χ0) is 17.8. The molecule has 0 spiro atoms. The highest BCUT2D eigenvalue weighted by Gasteiger charge is 2.08. The number of esters is 1. The maximum absolute atomic E-state index is 13.0. The molecule has 0 aliphatic heterocycles. The van der Waals surface area contributed by atoms with Gasteiger partial charge in [0, 0.05) is 27.6 Å². The summed E-state index contributed by atoms with van der Waals surface area (Å²) in [5, 5.41) is 0.746. The number of carbonyl (C=O) groups excluding carboxylic acids is 1. The molecule has 3 rings (SSSR count). The molecule has 0 aliphatic rings. The Bertz CT molecular complexity index is 983. The van der Waals surface area contributed by atoms with Crippen molar-refractivity contribution in [3.8, 4) is 5.75 Å². The normalized spacial score (nSPS) is 10.6. The lowest BCUT2D eigenvalue weighted by atomic mass is 10.2. The van der Waals surface area contributed by atoms with E-state index >= 15 is 0 Å². The first-order chi connectivity index (χ1) is 12.0. The lowest BCUT2D eigenvalue weighted by molar-refractivity contribution is -0.147. The van der Waals surface area contributed by atoms with Crippen LogP contribution in [0.15, 0.2) is 62.2 Å². The molecular formula is C18H12BrFO5. The van der Waals surface area contributed by atoms with Crippen molar-refractivity contribution in [2.45, 2.75) is 6.61 Å². The third kappa shape index (κ3) is 4.45. The van der Waals surface area contributed by atoms with E-state index in [0.717, 1.165) is 5.39 Å². The zero-order valence-corrected chi connectivity index (χ0v) is 14.4. The van der Waals surface area contributed by atoms with Gasteiger partial charge in [-0.15, -0.1) is 0 Å². The molecule has 0 fully saturated rings. The second-order valence-electron chi connectivity index (χ2n) is 5.14. The first kappa shape index (κ1) is 17.2. The minimum Gasteiger partial charge on any atom is -0.482 e. The van der Waals surface area contributed by atoms with Crippen molar-refractivity contribution in [3.05, 3.63) is 74.8 Å². The van der Waals surface area contributed by atoms with Crippen LogP contribution in [-0.2, 0) is 16.1 Å². The Labute approximate surface area is 150 Å². The van der Waals surface area contributed by atoms with E-state index in [1.54, 1.807) is 18.2 Å². The number of benzene rings is 2. The summed E-state index contributed by atoms with van der Waals surface area (Å²) in [6.45, 7) is -0.308. The molecule has 128 valence electrons. The minimum absolute atomic E-state index is 0.00431. The van der Waals surface area contributed by atoms with E-state index < -0.39 is 11.6 Å². The Kier molecular flexibility index (Phi) is 5.14. The second-order valence-corrected chi connectivity index (χ2v) is 5.99. The molecule has 7 heteroatoms. The lowest BCUT2D eigenvalue weighted by Crippen LogP contribution is -2.15. The topological polar surface area (TPSA) is 65.7 Å². The van der Waals surface area contributed by atoms with E-state index in [2.05, 4.69) is 15.9 Å². The molecule has 5 nitrogen and oxygen atoms in total. The van der Waals surface area contributed by atoms with Gasteiger partial charge >= 0.3 is 11.6 Å². The van der Waals surface area contributed by atoms with Crippen LogP contribution in [-0.4, -0.2) is 12.6 Å². The summed E-state index contributed by atoms with van der Waals surface area (Å²) >= 11 is 3.20. The Balaban J connectivity index is 1.57. The number of ether oxygens (including phenoxy) is 2. The van der Waals surface area contributed by atoms with Crippen molar-refractivity contribution < 1.29 is 23.1 Å². The fraction of sp³-hybridized carbons (Fsp3) is 0.111. The van der Waals surface area contributed by atoms with Gasteiger partial charge in [0.2, 0.25) is 0 Å². The Morgan fingerprint density at radius 1 is 1.12 bits per heavy atom. The molecular weight excluding hydrogens is 395 g/mol. The summed E-state index contributed by atoms with van der Waals surface area (Å²) in [5.74, 6) is -0.583. The van der Waals surface area contributed by atoms with Crippen LogP contribution in [0.3, 0.4) is 0 Å². The lowest BCUT2D eigenvalue weighted by Gasteiger charge is -2.08. The molecule has 0 radical (unpaired) electrons. The molecule has 0 N–H and O–H groups in total. The molecule has 0 atom stereocenters. The molecule has 0 saturated heterocycles. The SMILES string of the molecule is O=C(COc1ccc2ccc(=O)oc2c1)OCc1ccc(F)cc1Br. The van der Waals surface area contributed by atoms with Gasteiger partial charge in [0.1, 0.15) is 23.8 Å². The zero-order valence-electron chi connectivity index (χ0n) is 12.8. The molecule has 25 heavy (non-hydrogen) atoms. The van der Waals surface area contributed by atoms with Crippen LogP contribution in [0.5, 0.6) is 5.75 Å². The molecule has 2 aromatic carbocycles. The van der Waals surface area contributed by atoms with Gasteiger partial charge in [-0.2, -0.15) is 0 Å². The molecule has 0 bridgehead atoms.